The van der Waals surface area contributed by atoms with Gasteiger partial charge in [-0.15, -0.1) is 0 Å². The summed E-state index contributed by atoms with van der Waals surface area (Å²) in [5, 5.41) is 6.50. The van der Waals surface area contributed by atoms with E-state index in [0.717, 1.165) is 24.7 Å². The highest BCUT2D eigenvalue weighted by Gasteiger charge is 2.17. The summed E-state index contributed by atoms with van der Waals surface area (Å²) in [5.41, 5.74) is 5.71. The number of anilines is 3. The van der Waals surface area contributed by atoms with E-state index < -0.39 is 0 Å². The molecule has 0 bridgehead atoms. The molecule has 2 heterocycles. The molecular formula is C13H24N6. The second kappa shape index (κ2) is 6.56. The van der Waals surface area contributed by atoms with Crippen LogP contribution in [0.25, 0.3) is 0 Å². The van der Waals surface area contributed by atoms with E-state index in [4.69, 9.17) is 5.73 Å². The van der Waals surface area contributed by atoms with E-state index in [-0.39, 0.29) is 0 Å². The van der Waals surface area contributed by atoms with Gasteiger partial charge in [-0.05, 0) is 39.8 Å². The van der Waals surface area contributed by atoms with Crippen LogP contribution in [0.5, 0.6) is 0 Å². The third kappa shape index (κ3) is 3.96. The van der Waals surface area contributed by atoms with Gasteiger partial charge in [0, 0.05) is 25.2 Å². The molecule has 0 amide bonds. The third-order valence-electron chi connectivity index (χ3n) is 3.44. The molecule has 0 radical (unpaired) electrons. The Morgan fingerprint density at radius 3 is 2.53 bits per heavy atom. The smallest absolute Gasteiger partial charge is 0.223 e. The molecule has 1 aromatic rings. The topological polar surface area (TPSA) is 79.1 Å². The Morgan fingerprint density at radius 2 is 1.89 bits per heavy atom. The summed E-state index contributed by atoms with van der Waals surface area (Å²) in [6, 6.07) is 2.41. The molecule has 106 valence electrons. The van der Waals surface area contributed by atoms with Crippen molar-refractivity contribution in [3.8, 4) is 0 Å². The molecule has 1 saturated heterocycles. The quantitative estimate of drug-likeness (QED) is 0.720. The normalized spacial score (nSPS) is 17.4. The second-order valence-electron chi connectivity index (χ2n) is 5.00. The van der Waals surface area contributed by atoms with Crippen LogP contribution in [-0.2, 0) is 0 Å². The number of nitrogens with zero attached hydrogens (tertiary/aromatic N) is 3. The van der Waals surface area contributed by atoms with Crippen molar-refractivity contribution in [1.29, 1.82) is 0 Å². The highest BCUT2D eigenvalue weighted by Crippen LogP contribution is 2.14. The fourth-order valence-corrected chi connectivity index (χ4v) is 2.39. The molecular weight excluding hydrogens is 240 g/mol. The van der Waals surface area contributed by atoms with E-state index in [1.807, 2.05) is 13.0 Å². The van der Waals surface area contributed by atoms with Crippen molar-refractivity contribution in [2.24, 2.45) is 0 Å². The van der Waals surface area contributed by atoms with Crippen LogP contribution in [0.2, 0.25) is 0 Å². The number of likely N-dealkylation sites (tertiary alicyclic amines) is 1. The minimum absolute atomic E-state index is 0.301. The zero-order valence-electron chi connectivity index (χ0n) is 11.8. The van der Waals surface area contributed by atoms with Crippen LogP contribution < -0.4 is 16.4 Å². The first-order valence-corrected chi connectivity index (χ1v) is 7.05. The molecule has 6 heteroatoms. The number of nitrogens with one attached hydrogen (secondary N) is 2. The molecule has 1 aliphatic rings. The number of rotatable bonds is 6. The summed E-state index contributed by atoms with van der Waals surface area (Å²) in [7, 11) is 0. The van der Waals surface area contributed by atoms with Gasteiger partial charge < -0.3 is 16.4 Å². The largest absolute Gasteiger partial charge is 0.370 e. The van der Waals surface area contributed by atoms with Gasteiger partial charge >= 0.3 is 0 Å². The van der Waals surface area contributed by atoms with Crippen molar-refractivity contribution in [3.63, 3.8) is 0 Å². The molecule has 1 unspecified atom stereocenters. The molecule has 0 saturated carbocycles. The van der Waals surface area contributed by atoms with Gasteiger partial charge in [0.15, 0.2) is 0 Å². The molecule has 0 aromatic carbocycles. The van der Waals surface area contributed by atoms with Gasteiger partial charge in [0.2, 0.25) is 5.95 Å². The van der Waals surface area contributed by atoms with Crippen molar-refractivity contribution in [2.75, 3.05) is 42.5 Å². The van der Waals surface area contributed by atoms with Crippen molar-refractivity contribution in [3.05, 3.63) is 6.07 Å². The van der Waals surface area contributed by atoms with Crippen LogP contribution in [0.3, 0.4) is 0 Å². The van der Waals surface area contributed by atoms with Gasteiger partial charge in [0.1, 0.15) is 11.6 Å². The van der Waals surface area contributed by atoms with Gasteiger partial charge in [-0.2, -0.15) is 9.97 Å². The predicted molar refractivity (Wildman–Crippen MR) is 79.4 cm³/mol. The molecule has 1 fully saturated rings. The zero-order valence-corrected chi connectivity index (χ0v) is 11.8. The van der Waals surface area contributed by atoms with Crippen LogP contribution in [0.15, 0.2) is 6.07 Å². The Labute approximate surface area is 114 Å². The summed E-state index contributed by atoms with van der Waals surface area (Å²) in [6.45, 7) is 8.38. The molecule has 2 rings (SSSR count). The molecule has 0 spiro atoms. The SMILES string of the molecule is CCNc1cc(NCC(C)N2CCCC2)nc(N)n1. The standard InChI is InChI=1S/C13H24N6/c1-3-15-11-8-12(18-13(14)17-11)16-9-10(2)19-6-4-5-7-19/h8,10H,3-7,9H2,1-2H3,(H4,14,15,16,17,18). The van der Waals surface area contributed by atoms with E-state index in [1.54, 1.807) is 0 Å². The maximum absolute atomic E-state index is 5.71. The Hall–Kier alpha value is -1.56. The molecule has 4 N–H and O–H groups in total. The third-order valence-corrected chi connectivity index (χ3v) is 3.44. The Kier molecular flexibility index (Phi) is 4.79. The Bertz CT molecular complexity index is 402. The first kappa shape index (κ1) is 13.9. The van der Waals surface area contributed by atoms with Crippen LogP contribution in [0.1, 0.15) is 26.7 Å². The number of hydrogen-bond acceptors (Lipinski definition) is 6. The number of nitrogen functional groups attached to an aromatic ring is 1. The first-order chi connectivity index (χ1) is 9.19. The monoisotopic (exact) mass is 264 g/mol. The Balaban J connectivity index is 1.90. The summed E-state index contributed by atoms with van der Waals surface area (Å²) in [6.07, 6.45) is 2.63. The first-order valence-electron chi connectivity index (χ1n) is 7.05. The molecule has 0 aliphatic carbocycles. The number of hydrogen-bond donors (Lipinski definition) is 3. The lowest BCUT2D eigenvalue weighted by atomic mass is 10.3. The average molecular weight is 264 g/mol. The molecule has 6 nitrogen and oxygen atoms in total. The maximum Gasteiger partial charge on any atom is 0.223 e. The minimum Gasteiger partial charge on any atom is -0.370 e. The lowest BCUT2D eigenvalue weighted by molar-refractivity contribution is 0.269. The predicted octanol–water partition coefficient (Wildman–Crippen LogP) is 1.39. The fraction of sp³-hybridized carbons (Fsp3) is 0.692. The van der Waals surface area contributed by atoms with Gasteiger partial charge in [0.25, 0.3) is 0 Å². The fourth-order valence-electron chi connectivity index (χ4n) is 2.39. The highest BCUT2D eigenvalue weighted by atomic mass is 15.2. The summed E-state index contributed by atoms with van der Waals surface area (Å²) < 4.78 is 0. The van der Waals surface area contributed by atoms with E-state index >= 15 is 0 Å². The van der Waals surface area contributed by atoms with Gasteiger partial charge in [0.05, 0.1) is 0 Å². The molecule has 1 aromatic heterocycles. The van der Waals surface area contributed by atoms with E-state index in [9.17, 15) is 0 Å². The molecule has 1 aliphatic heterocycles. The van der Waals surface area contributed by atoms with Crippen molar-refractivity contribution >= 4 is 17.6 Å². The van der Waals surface area contributed by atoms with Crippen molar-refractivity contribution in [2.45, 2.75) is 32.7 Å². The van der Waals surface area contributed by atoms with Gasteiger partial charge in [-0.25, -0.2) is 0 Å². The van der Waals surface area contributed by atoms with Crippen molar-refractivity contribution in [1.82, 2.24) is 14.9 Å². The van der Waals surface area contributed by atoms with Crippen molar-refractivity contribution < 1.29 is 0 Å². The summed E-state index contributed by atoms with van der Waals surface area (Å²) in [5.74, 6) is 1.86. The lowest BCUT2D eigenvalue weighted by Crippen LogP contribution is -2.35. The number of nitrogens with two attached hydrogens (primary N) is 1. The molecule has 19 heavy (non-hydrogen) atoms. The summed E-state index contributed by atoms with van der Waals surface area (Å²) in [4.78, 5) is 10.8. The van der Waals surface area contributed by atoms with Crippen LogP contribution in [0, 0.1) is 0 Å². The highest BCUT2D eigenvalue weighted by molar-refractivity contribution is 5.50. The summed E-state index contributed by atoms with van der Waals surface area (Å²) >= 11 is 0. The van der Waals surface area contributed by atoms with Gasteiger partial charge in [-0.1, -0.05) is 0 Å². The molecule has 1 atom stereocenters. The van der Waals surface area contributed by atoms with E-state index in [0.29, 0.717) is 12.0 Å². The number of aromatic nitrogens is 2. The zero-order chi connectivity index (χ0) is 13.7. The van der Waals surface area contributed by atoms with E-state index in [1.165, 1.54) is 25.9 Å². The van der Waals surface area contributed by atoms with Crippen LogP contribution in [0.4, 0.5) is 17.6 Å². The lowest BCUT2D eigenvalue weighted by Gasteiger charge is -2.24. The maximum atomic E-state index is 5.71. The van der Waals surface area contributed by atoms with Crippen LogP contribution in [-0.4, -0.2) is 47.1 Å². The average Bonchev–Trinajstić information content (AvgIpc) is 2.89. The second-order valence-corrected chi connectivity index (χ2v) is 5.00. The Morgan fingerprint density at radius 1 is 1.26 bits per heavy atom. The van der Waals surface area contributed by atoms with E-state index in [2.05, 4.69) is 32.4 Å². The van der Waals surface area contributed by atoms with Crippen LogP contribution >= 0.6 is 0 Å². The minimum atomic E-state index is 0.301. The van der Waals surface area contributed by atoms with Gasteiger partial charge in [-0.3, -0.25) is 4.90 Å².